The molecule has 0 spiro atoms. The molecule has 7 heteroatoms. The Labute approximate surface area is 196 Å². The van der Waals surface area contributed by atoms with Gasteiger partial charge in [-0.25, -0.2) is 4.68 Å². The lowest BCUT2D eigenvalue weighted by Crippen LogP contribution is -2.25. The molecule has 1 N–H and O–H groups in total. The first kappa shape index (κ1) is 21.0. The van der Waals surface area contributed by atoms with E-state index in [1.165, 1.54) is 0 Å². The number of hydrogen-bond donors (Lipinski definition) is 1. The fourth-order valence-electron chi connectivity index (χ4n) is 4.08. The van der Waals surface area contributed by atoms with Crippen molar-refractivity contribution in [2.75, 3.05) is 16.8 Å². The lowest BCUT2D eigenvalue weighted by molar-refractivity contribution is -0.116. The molecular formula is C26H21ClN4O2. The molecule has 0 atom stereocenters. The Morgan fingerprint density at radius 3 is 2.48 bits per heavy atom. The summed E-state index contributed by atoms with van der Waals surface area (Å²) in [5.74, 6) is -0.241. The number of nitrogens with zero attached hydrogens (tertiary/aromatic N) is 3. The Hall–Kier alpha value is -3.90. The van der Waals surface area contributed by atoms with Gasteiger partial charge in [0, 0.05) is 41.6 Å². The van der Waals surface area contributed by atoms with E-state index in [2.05, 4.69) is 5.32 Å². The third-order valence-corrected chi connectivity index (χ3v) is 5.96. The molecule has 0 saturated carbocycles. The number of anilines is 2. The summed E-state index contributed by atoms with van der Waals surface area (Å²) in [6, 6.07) is 22.5. The summed E-state index contributed by atoms with van der Waals surface area (Å²) >= 11 is 6.06. The van der Waals surface area contributed by atoms with Gasteiger partial charge in [-0.1, -0.05) is 41.9 Å². The largest absolute Gasteiger partial charge is 0.322 e. The summed E-state index contributed by atoms with van der Waals surface area (Å²) < 4.78 is 1.70. The molecule has 0 fully saturated rings. The average molecular weight is 457 g/mol. The zero-order valence-corrected chi connectivity index (χ0v) is 18.7. The third-order valence-electron chi connectivity index (χ3n) is 5.71. The fourth-order valence-corrected chi connectivity index (χ4v) is 4.21. The second kappa shape index (κ2) is 8.56. The molecule has 164 valence electrons. The number of aromatic nitrogens is 2. The van der Waals surface area contributed by atoms with Gasteiger partial charge >= 0.3 is 0 Å². The van der Waals surface area contributed by atoms with Crippen LogP contribution >= 0.6 is 11.6 Å². The van der Waals surface area contributed by atoms with Crippen LogP contribution in [0.1, 0.15) is 22.8 Å². The average Bonchev–Trinajstić information content (AvgIpc) is 3.45. The van der Waals surface area contributed by atoms with E-state index in [1.807, 2.05) is 60.7 Å². The van der Waals surface area contributed by atoms with Crippen LogP contribution in [0.3, 0.4) is 0 Å². The van der Waals surface area contributed by atoms with Gasteiger partial charge in [-0.15, -0.1) is 0 Å². The van der Waals surface area contributed by atoms with Gasteiger partial charge in [-0.3, -0.25) is 9.59 Å². The molecule has 0 radical (unpaired) electrons. The molecule has 1 aliphatic heterocycles. The number of benzene rings is 3. The molecule has 0 aliphatic carbocycles. The maximum atomic E-state index is 13.3. The van der Waals surface area contributed by atoms with E-state index < -0.39 is 0 Å². The first-order valence-electron chi connectivity index (χ1n) is 10.6. The fraction of sp³-hybridized carbons (Fsp3) is 0.115. The Balaban J connectivity index is 1.49. The molecule has 3 aromatic carbocycles. The van der Waals surface area contributed by atoms with Crippen molar-refractivity contribution in [3.63, 3.8) is 0 Å². The number of fused-ring (bicyclic) bond motifs is 1. The molecule has 2 amide bonds. The Morgan fingerprint density at radius 2 is 1.76 bits per heavy atom. The summed E-state index contributed by atoms with van der Waals surface area (Å²) in [6.45, 7) is 2.22. The lowest BCUT2D eigenvalue weighted by Gasteiger charge is -2.15. The van der Waals surface area contributed by atoms with Crippen LogP contribution in [-0.4, -0.2) is 28.1 Å². The van der Waals surface area contributed by atoms with Gasteiger partial charge in [0.05, 0.1) is 11.3 Å². The van der Waals surface area contributed by atoms with Gasteiger partial charge in [-0.05, 0) is 54.4 Å². The Kier molecular flexibility index (Phi) is 5.44. The molecule has 0 unspecified atom stereocenters. The number of rotatable bonds is 4. The van der Waals surface area contributed by atoms with E-state index in [1.54, 1.807) is 34.8 Å². The highest BCUT2D eigenvalue weighted by Crippen LogP contribution is 2.31. The molecule has 6 nitrogen and oxygen atoms in total. The molecule has 4 aromatic rings. The van der Waals surface area contributed by atoms with Crippen LogP contribution in [-0.2, 0) is 11.2 Å². The quantitative estimate of drug-likeness (QED) is 0.450. The van der Waals surface area contributed by atoms with Gasteiger partial charge in [0.15, 0.2) is 0 Å². The number of amides is 2. The summed E-state index contributed by atoms with van der Waals surface area (Å²) in [7, 11) is 0. The minimum Gasteiger partial charge on any atom is -0.322 e. The predicted octanol–water partition coefficient (Wildman–Crippen LogP) is 5.35. The number of halogens is 1. The van der Waals surface area contributed by atoms with Gasteiger partial charge in [-0.2, -0.15) is 5.10 Å². The standard InChI is InChI=1S/C26H21ClN4O2/c1-17(32)30-14-13-19-15-21(11-12-24(19)30)28-26(33)23-16-31(22-5-3-2-4-6-22)29-25(23)18-7-9-20(27)10-8-18/h2-12,15-16H,13-14H2,1H3,(H,28,33). The minimum absolute atomic E-state index is 0.0199. The number of carbonyl (C=O) groups excluding carboxylic acids is 2. The van der Waals surface area contributed by atoms with Crippen molar-refractivity contribution in [2.45, 2.75) is 13.3 Å². The Bertz CT molecular complexity index is 1350. The first-order valence-corrected chi connectivity index (χ1v) is 11.0. The van der Waals surface area contributed by atoms with Crippen LogP contribution in [0.2, 0.25) is 5.02 Å². The van der Waals surface area contributed by atoms with Crippen molar-refractivity contribution in [3.05, 3.63) is 95.1 Å². The van der Waals surface area contributed by atoms with Gasteiger partial charge < -0.3 is 10.2 Å². The topological polar surface area (TPSA) is 67.2 Å². The summed E-state index contributed by atoms with van der Waals surface area (Å²) in [6.07, 6.45) is 2.50. The highest BCUT2D eigenvalue weighted by molar-refractivity contribution is 6.30. The van der Waals surface area contributed by atoms with Crippen LogP contribution in [0, 0.1) is 0 Å². The molecule has 5 rings (SSSR count). The van der Waals surface area contributed by atoms with E-state index in [4.69, 9.17) is 16.7 Å². The van der Waals surface area contributed by atoms with Crippen molar-refractivity contribution < 1.29 is 9.59 Å². The smallest absolute Gasteiger partial charge is 0.259 e. The molecule has 33 heavy (non-hydrogen) atoms. The van der Waals surface area contributed by atoms with Gasteiger partial charge in [0.1, 0.15) is 5.69 Å². The van der Waals surface area contributed by atoms with E-state index in [0.717, 1.165) is 28.9 Å². The van der Waals surface area contributed by atoms with Crippen molar-refractivity contribution in [1.82, 2.24) is 9.78 Å². The normalized spacial score (nSPS) is 12.5. The maximum Gasteiger partial charge on any atom is 0.259 e. The van der Waals surface area contributed by atoms with Crippen LogP contribution in [0.15, 0.2) is 79.0 Å². The monoisotopic (exact) mass is 456 g/mol. The van der Waals surface area contributed by atoms with Crippen molar-refractivity contribution in [2.24, 2.45) is 0 Å². The predicted molar refractivity (Wildman–Crippen MR) is 130 cm³/mol. The molecule has 1 aromatic heterocycles. The van der Waals surface area contributed by atoms with Crippen LogP contribution in [0.5, 0.6) is 0 Å². The second-order valence-electron chi connectivity index (χ2n) is 7.90. The number of carbonyl (C=O) groups is 2. The number of para-hydroxylation sites is 1. The molecule has 1 aliphatic rings. The maximum absolute atomic E-state index is 13.3. The molecular weight excluding hydrogens is 436 g/mol. The molecule has 0 saturated heterocycles. The zero-order chi connectivity index (χ0) is 22.9. The van der Waals surface area contributed by atoms with E-state index in [9.17, 15) is 9.59 Å². The lowest BCUT2D eigenvalue weighted by atomic mass is 10.1. The minimum atomic E-state index is -0.261. The SMILES string of the molecule is CC(=O)N1CCc2cc(NC(=O)c3cn(-c4ccccc4)nc3-c3ccc(Cl)cc3)ccc21. The van der Waals surface area contributed by atoms with Crippen LogP contribution in [0.4, 0.5) is 11.4 Å². The third kappa shape index (κ3) is 4.13. The number of hydrogen-bond acceptors (Lipinski definition) is 3. The van der Waals surface area contributed by atoms with Crippen LogP contribution < -0.4 is 10.2 Å². The summed E-state index contributed by atoms with van der Waals surface area (Å²) in [5, 5.41) is 8.31. The van der Waals surface area contributed by atoms with E-state index >= 15 is 0 Å². The van der Waals surface area contributed by atoms with Gasteiger partial charge in [0.2, 0.25) is 5.91 Å². The van der Waals surface area contributed by atoms with Crippen molar-refractivity contribution in [3.8, 4) is 16.9 Å². The van der Waals surface area contributed by atoms with Crippen LogP contribution in [0.25, 0.3) is 16.9 Å². The zero-order valence-electron chi connectivity index (χ0n) is 18.0. The highest BCUT2D eigenvalue weighted by Gasteiger charge is 2.23. The van der Waals surface area contributed by atoms with Gasteiger partial charge in [0.25, 0.3) is 5.91 Å². The van der Waals surface area contributed by atoms with Crippen molar-refractivity contribution >= 4 is 34.8 Å². The summed E-state index contributed by atoms with van der Waals surface area (Å²) in [4.78, 5) is 26.9. The van der Waals surface area contributed by atoms with Crippen molar-refractivity contribution in [1.29, 1.82) is 0 Å². The number of nitrogens with one attached hydrogen (secondary N) is 1. The highest BCUT2D eigenvalue weighted by atomic mass is 35.5. The Morgan fingerprint density at radius 1 is 1.00 bits per heavy atom. The second-order valence-corrected chi connectivity index (χ2v) is 8.33. The molecule has 2 heterocycles. The first-order chi connectivity index (χ1) is 16.0. The van der Waals surface area contributed by atoms with E-state index in [-0.39, 0.29) is 11.8 Å². The molecule has 0 bridgehead atoms. The summed E-state index contributed by atoms with van der Waals surface area (Å²) in [5.41, 5.74) is 5.29. The van der Waals surface area contributed by atoms with E-state index in [0.29, 0.717) is 28.5 Å².